The number of benzene rings is 4. The van der Waals surface area contributed by atoms with Crippen molar-refractivity contribution in [2.24, 2.45) is 0 Å². The van der Waals surface area contributed by atoms with E-state index in [1.54, 1.807) is 22.7 Å². The van der Waals surface area contributed by atoms with Gasteiger partial charge in [-0.05, 0) is 89.8 Å². The third kappa shape index (κ3) is 5.05. The van der Waals surface area contributed by atoms with Crippen LogP contribution in [-0.4, -0.2) is 12.6 Å². The van der Waals surface area contributed by atoms with E-state index in [1.807, 2.05) is 45.3 Å². The molecule has 2 aliphatic rings. The number of hydrogen-bond acceptors (Lipinski definition) is 8. The molecule has 8 heteroatoms. The molecule has 2 nitrogen and oxygen atoms in total. The minimum absolute atomic E-state index is 0.627. The van der Waals surface area contributed by atoms with Gasteiger partial charge in [-0.1, -0.05) is 117 Å². The lowest BCUT2D eigenvalue weighted by Gasteiger charge is -2.35. The number of thiophene rings is 6. The number of hydrogen-bond donors (Lipinski definition) is 0. The zero-order valence-electron chi connectivity index (χ0n) is 35.5. The smallest absolute Gasteiger partial charge is 0.160 e. The van der Waals surface area contributed by atoms with Crippen molar-refractivity contribution in [3.63, 3.8) is 0 Å². The number of aryl methyl sites for hydroxylation is 8. The highest BCUT2D eigenvalue weighted by Gasteiger charge is 2.56. The molecular formula is C54H40O2S6. The summed E-state index contributed by atoms with van der Waals surface area (Å²) < 4.78 is 7.51. The summed E-state index contributed by atoms with van der Waals surface area (Å²) in [5, 5.41) is 0. The van der Waals surface area contributed by atoms with Crippen LogP contribution in [0.5, 0.6) is 0 Å². The maximum Gasteiger partial charge on any atom is 0.160 e. The summed E-state index contributed by atoms with van der Waals surface area (Å²) in [5.74, 6) is 0. The lowest BCUT2D eigenvalue weighted by atomic mass is 9.66. The molecule has 0 saturated heterocycles. The van der Waals surface area contributed by atoms with Gasteiger partial charge in [-0.3, -0.25) is 9.59 Å². The molecule has 4 aromatic carbocycles. The molecule has 6 aromatic heterocycles. The summed E-state index contributed by atoms with van der Waals surface area (Å²) in [5.41, 5.74) is 19.2. The van der Waals surface area contributed by atoms with E-state index in [2.05, 4.69) is 140 Å². The zero-order valence-corrected chi connectivity index (χ0v) is 40.4. The highest BCUT2D eigenvalue weighted by molar-refractivity contribution is 7.37. The average Bonchev–Trinajstić information content (AvgIpc) is 4.06. The Labute approximate surface area is 384 Å². The molecule has 0 saturated carbocycles. The number of carbonyl (C=O) groups is 2. The van der Waals surface area contributed by atoms with E-state index in [9.17, 15) is 9.59 Å². The molecule has 0 amide bonds. The molecule has 12 rings (SSSR count). The van der Waals surface area contributed by atoms with Crippen molar-refractivity contribution in [3.05, 3.63) is 184 Å². The molecule has 2 aliphatic carbocycles. The minimum Gasteiger partial charge on any atom is -0.297 e. The SMILES string of the molecule is Cc1cc(C)cc(C2(c3cc(C)cc(C)c3)c3c(sc4cc(C=O)sc34)-c3sc4c5c(sc4c32)-c2sc3cc(C=O)sc3c2C5(c2cc(C)cc(C)c2)c2cc(C)cc(C)c2)c1. The summed E-state index contributed by atoms with van der Waals surface area (Å²) in [4.78, 5) is 31.8. The van der Waals surface area contributed by atoms with Crippen molar-refractivity contribution < 1.29 is 9.59 Å². The van der Waals surface area contributed by atoms with Gasteiger partial charge in [0, 0.05) is 31.7 Å². The van der Waals surface area contributed by atoms with Crippen LogP contribution in [0.25, 0.3) is 47.7 Å². The average molecular weight is 913 g/mol. The molecule has 0 fully saturated rings. The molecule has 0 N–H and O–H groups in total. The molecule has 0 atom stereocenters. The van der Waals surface area contributed by atoms with E-state index in [0.717, 1.165) is 22.3 Å². The van der Waals surface area contributed by atoms with Crippen LogP contribution in [0.3, 0.4) is 0 Å². The van der Waals surface area contributed by atoms with Crippen molar-refractivity contribution in [3.8, 4) is 19.5 Å². The van der Waals surface area contributed by atoms with Crippen LogP contribution in [0.1, 0.15) is 108 Å². The van der Waals surface area contributed by atoms with E-state index in [4.69, 9.17) is 0 Å². The fourth-order valence-electron chi connectivity index (χ4n) is 11.4. The molecule has 0 radical (unpaired) electrons. The van der Waals surface area contributed by atoms with Gasteiger partial charge < -0.3 is 0 Å². The number of fused-ring (bicyclic) bond motifs is 13. The number of rotatable bonds is 6. The quantitative estimate of drug-likeness (QED) is 0.156. The van der Waals surface area contributed by atoms with Crippen molar-refractivity contribution in [2.45, 2.75) is 66.2 Å². The van der Waals surface area contributed by atoms with Crippen LogP contribution in [0.15, 0.2) is 84.9 Å². The second kappa shape index (κ2) is 13.4. The molecule has 304 valence electrons. The Balaban J connectivity index is 1.31. The summed E-state index contributed by atoms with van der Waals surface area (Å²) in [6.45, 7) is 17.8. The third-order valence-electron chi connectivity index (χ3n) is 13.1. The summed E-state index contributed by atoms with van der Waals surface area (Å²) in [6.07, 6.45) is 2.04. The van der Waals surface area contributed by atoms with Crippen LogP contribution in [0.4, 0.5) is 0 Å². The Morgan fingerprint density at radius 2 is 0.581 bits per heavy atom. The monoisotopic (exact) mass is 912 g/mol. The van der Waals surface area contributed by atoms with Crippen molar-refractivity contribution >= 4 is 109 Å². The Bertz CT molecular complexity index is 3200. The lowest BCUT2D eigenvalue weighted by molar-refractivity contribution is 0.111. The van der Waals surface area contributed by atoms with Gasteiger partial charge in [-0.2, -0.15) is 0 Å². The summed E-state index contributed by atoms with van der Waals surface area (Å²) >= 11 is 11.0. The van der Waals surface area contributed by atoms with Gasteiger partial charge in [0.05, 0.1) is 58.9 Å². The van der Waals surface area contributed by atoms with Gasteiger partial charge >= 0.3 is 0 Å². The van der Waals surface area contributed by atoms with Crippen LogP contribution >= 0.6 is 68.0 Å². The van der Waals surface area contributed by atoms with Crippen LogP contribution in [-0.2, 0) is 10.8 Å². The largest absolute Gasteiger partial charge is 0.297 e. The van der Waals surface area contributed by atoms with Gasteiger partial charge in [0.1, 0.15) is 0 Å². The number of aldehydes is 2. The summed E-state index contributed by atoms with van der Waals surface area (Å²) in [6, 6.07) is 32.8. The predicted octanol–water partition coefficient (Wildman–Crippen LogP) is 16.3. The molecule has 0 unspecified atom stereocenters. The minimum atomic E-state index is -0.627. The summed E-state index contributed by atoms with van der Waals surface area (Å²) in [7, 11) is 0. The second-order valence-electron chi connectivity index (χ2n) is 17.8. The van der Waals surface area contributed by atoms with Gasteiger partial charge in [0.2, 0.25) is 0 Å². The topological polar surface area (TPSA) is 34.1 Å². The van der Waals surface area contributed by atoms with Crippen LogP contribution in [0.2, 0.25) is 0 Å². The van der Waals surface area contributed by atoms with Crippen LogP contribution in [0, 0.1) is 55.4 Å². The maximum atomic E-state index is 12.4. The van der Waals surface area contributed by atoms with Crippen molar-refractivity contribution in [2.75, 3.05) is 0 Å². The Hall–Kier alpha value is -4.80. The predicted molar refractivity (Wildman–Crippen MR) is 270 cm³/mol. The fourth-order valence-corrected chi connectivity index (χ4v) is 19.9. The second-order valence-corrected chi connectivity index (χ2v) is 24.1. The van der Waals surface area contributed by atoms with Gasteiger partial charge in [0.15, 0.2) is 12.6 Å². The van der Waals surface area contributed by atoms with Gasteiger partial charge in [0.25, 0.3) is 0 Å². The standard InChI is InChI=1S/C54H40O2S6/c1-25-9-26(2)14-33(13-25)53(34-15-27(3)10-28(4)16-34)41-45-39(21-37(23-55)57-45)59-47(41)49-43(53)51-52(61-49)44-50(62-51)48-42(46-40(60-48)22-38(24-56)58-46)54(44,35-17-29(5)11-30(6)18-35)36-19-31(7)12-32(8)20-36/h9-24H,1-8H3. The van der Waals surface area contributed by atoms with E-state index in [-0.39, 0.29) is 0 Å². The lowest BCUT2D eigenvalue weighted by Crippen LogP contribution is -2.29. The van der Waals surface area contributed by atoms with E-state index in [0.29, 0.717) is 0 Å². The molecule has 6 heterocycles. The third-order valence-corrected chi connectivity index (χ3v) is 20.6. The molecular weight excluding hydrogens is 873 g/mol. The normalized spacial score (nSPS) is 14.5. The zero-order chi connectivity index (χ0) is 42.7. The first-order valence-corrected chi connectivity index (χ1v) is 25.7. The fraction of sp³-hybridized carbons (Fsp3) is 0.185. The van der Waals surface area contributed by atoms with Gasteiger partial charge in [-0.25, -0.2) is 0 Å². The van der Waals surface area contributed by atoms with Crippen LogP contribution < -0.4 is 0 Å². The van der Waals surface area contributed by atoms with E-state index < -0.39 is 10.8 Å². The highest BCUT2D eigenvalue weighted by Crippen LogP contribution is 2.72. The first kappa shape index (κ1) is 38.8. The molecule has 10 aromatic rings. The van der Waals surface area contributed by atoms with Crippen molar-refractivity contribution in [1.29, 1.82) is 0 Å². The number of carbonyl (C=O) groups excluding carboxylic acids is 2. The highest BCUT2D eigenvalue weighted by atomic mass is 32.1. The molecule has 62 heavy (non-hydrogen) atoms. The molecule has 0 spiro atoms. The van der Waals surface area contributed by atoms with E-state index in [1.165, 1.54) is 137 Å². The molecule has 0 bridgehead atoms. The molecule has 0 aliphatic heterocycles. The maximum absolute atomic E-state index is 12.4. The Kier molecular flexibility index (Phi) is 8.37. The Morgan fingerprint density at radius 1 is 0.323 bits per heavy atom. The Morgan fingerprint density at radius 3 is 0.855 bits per heavy atom. The van der Waals surface area contributed by atoms with Crippen molar-refractivity contribution in [1.82, 2.24) is 0 Å². The van der Waals surface area contributed by atoms with E-state index >= 15 is 0 Å². The van der Waals surface area contributed by atoms with Gasteiger partial charge in [-0.15, -0.1) is 68.0 Å². The first-order chi connectivity index (χ1) is 29.8. The first-order valence-electron chi connectivity index (χ1n) is 20.8.